The summed E-state index contributed by atoms with van der Waals surface area (Å²) in [6.45, 7) is 3.75. The molecule has 0 saturated carbocycles. The first-order chi connectivity index (χ1) is 11.3. The Kier molecular flexibility index (Phi) is 5.08. The van der Waals surface area contributed by atoms with Crippen LogP contribution in [0.1, 0.15) is 24.0 Å². The number of aryl methyl sites for hydroxylation is 1. The van der Waals surface area contributed by atoms with E-state index in [0.29, 0.717) is 13.0 Å². The summed E-state index contributed by atoms with van der Waals surface area (Å²) >= 11 is 1.62. The zero-order valence-corrected chi connectivity index (χ0v) is 14.1. The van der Waals surface area contributed by atoms with E-state index in [1.54, 1.807) is 11.3 Å². The molecule has 3 aromatic rings. The molecular weight excluding hydrogens is 306 g/mol. The van der Waals surface area contributed by atoms with E-state index >= 15 is 0 Å². The molecule has 0 atom stereocenters. The summed E-state index contributed by atoms with van der Waals surface area (Å²) in [6.07, 6.45) is 2.28. The molecule has 3 rings (SSSR count). The number of thiophene rings is 1. The lowest BCUT2D eigenvalue weighted by Crippen LogP contribution is -2.27. The molecule has 5 heteroatoms. The number of carbonyl (C=O) groups excluding carboxylic acids is 1. The summed E-state index contributed by atoms with van der Waals surface area (Å²) in [5, 5.41) is 4.99. The van der Waals surface area contributed by atoms with Gasteiger partial charge in [-0.3, -0.25) is 4.79 Å². The highest BCUT2D eigenvalue weighted by Crippen LogP contribution is 2.16. The maximum atomic E-state index is 12.0. The van der Waals surface area contributed by atoms with E-state index in [0.717, 1.165) is 35.6 Å². The lowest BCUT2D eigenvalue weighted by Gasteiger charge is -2.08. The topological polar surface area (TPSA) is 46.9 Å². The molecule has 0 fully saturated rings. The van der Waals surface area contributed by atoms with Crippen LogP contribution in [-0.4, -0.2) is 22.0 Å². The largest absolute Gasteiger partial charge is 0.355 e. The molecule has 1 N–H and O–H groups in total. The average molecular weight is 327 g/mol. The van der Waals surface area contributed by atoms with Crippen LogP contribution in [0.4, 0.5) is 0 Å². The molecule has 0 aliphatic heterocycles. The van der Waals surface area contributed by atoms with Crippen molar-refractivity contribution >= 4 is 28.3 Å². The number of amides is 1. The molecule has 23 heavy (non-hydrogen) atoms. The minimum Gasteiger partial charge on any atom is -0.355 e. The third kappa shape index (κ3) is 3.79. The molecule has 2 aromatic heterocycles. The van der Waals surface area contributed by atoms with Crippen molar-refractivity contribution in [2.45, 2.75) is 32.7 Å². The lowest BCUT2D eigenvalue weighted by atomic mass is 10.3. The zero-order valence-electron chi connectivity index (χ0n) is 13.3. The van der Waals surface area contributed by atoms with E-state index in [2.05, 4.69) is 22.9 Å². The summed E-state index contributed by atoms with van der Waals surface area (Å²) in [5.74, 6) is 1.12. The Morgan fingerprint density at radius 3 is 2.91 bits per heavy atom. The van der Waals surface area contributed by atoms with Gasteiger partial charge < -0.3 is 9.88 Å². The van der Waals surface area contributed by atoms with Crippen molar-refractivity contribution < 1.29 is 4.79 Å². The highest BCUT2D eigenvalue weighted by molar-refractivity contribution is 7.10. The number of hydrogen-bond acceptors (Lipinski definition) is 3. The van der Waals surface area contributed by atoms with Crippen LogP contribution in [0.15, 0.2) is 41.8 Å². The number of imidazole rings is 1. The summed E-state index contributed by atoms with van der Waals surface area (Å²) in [5.41, 5.74) is 2.20. The van der Waals surface area contributed by atoms with Crippen molar-refractivity contribution in [3.8, 4) is 0 Å². The van der Waals surface area contributed by atoms with Crippen LogP contribution in [0.3, 0.4) is 0 Å². The Bertz CT molecular complexity index is 777. The van der Waals surface area contributed by atoms with E-state index in [1.165, 1.54) is 5.52 Å². The number of para-hydroxylation sites is 2. The van der Waals surface area contributed by atoms with Gasteiger partial charge in [0, 0.05) is 24.4 Å². The van der Waals surface area contributed by atoms with E-state index < -0.39 is 0 Å². The Balaban J connectivity index is 1.62. The first-order valence-corrected chi connectivity index (χ1v) is 8.89. The fraction of sp³-hybridized carbons (Fsp3) is 0.333. The molecule has 0 spiro atoms. The van der Waals surface area contributed by atoms with Crippen LogP contribution in [0.25, 0.3) is 11.0 Å². The van der Waals surface area contributed by atoms with Crippen LogP contribution >= 0.6 is 11.3 Å². The maximum absolute atomic E-state index is 12.0. The number of rotatable bonds is 7. The fourth-order valence-corrected chi connectivity index (χ4v) is 3.44. The normalized spacial score (nSPS) is 11.0. The zero-order chi connectivity index (χ0) is 16.1. The predicted molar refractivity (Wildman–Crippen MR) is 94.8 cm³/mol. The number of benzene rings is 1. The van der Waals surface area contributed by atoms with Crippen molar-refractivity contribution in [1.29, 1.82) is 0 Å². The third-order valence-electron chi connectivity index (χ3n) is 3.77. The summed E-state index contributed by atoms with van der Waals surface area (Å²) < 4.78 is 2.26. The molecule has 0 unspecified atom stereocenters. The molecule has 120 valence electrons. The Labute approximate surface area is 140 Å². The molecule has 0 radical (unpaired) electrons. The van der Waals surface area contributed by atoms with Crippen LogP contribution < -0.4 is 5.32 Å². The smallest absolute Gasteiger partial charge is 0.225 e. The molecule has 2 heterocycles. The van der Waals surface area contributed by atoms with E-state index in [9.17, 15) is 4.79 Å². The van der Waals surface area contributed by atoms with Gasteiger partial charge >= 0.3 is 0 Å². The van der Waals surface area contributed by atoms with Crippen LogP contribution in [-0.2, 0) is 24.2 Å². The number of fused-ring (bicyclic) bond motifs is 1. The Hall–Kier alpha value is -2.14. The van der Waals surface area contributed by atoms with E-state index in [4.69, 9.17) is 4.98 Å². The van der Waals surface area contributed by atoms with Gasteiger partial charge in [-0.2, -0.15) is 0 Å². The summed E-state index contributed by atoms with van der Waals surface area (Å²) in [6, 6.07) is 12.2. The predicted octanol–water partition coefficient (Wildman–Crippen LogP) is 3.41. The molecule has 0 aliphatic carbocycles. The second-order valence-electron chi connectivity index (χ2n) is 5.52. The molecule has 1 amide bonds. The second-order valence-corrected chi connectivity index (χ2v) is 6.56. The van der Waals surface area contributed by atoms with E-state index in [1.807, 2.05) is 35.7 Å². The first-order valence-electron chi connectivity index (χ1n) is 8.01. The van der Waals surface area contributed by atoms with E-state index in [-0.39, 0.29) is 5.91 Å². The number of carbonyl (C=O) groups is 1. The van der Waals surface area contributed by atoms with Crippen LogP contribution in [0.5, 0.6) is 0 Å². The van der Waals surface area contributed by atoms with Crippen LogP contribution in [0.2, 0.25) is 0 Å². The lowest BCUT2D eigenvalue weighted by molar-refractivity contribution is -0.120. The number of aromatic nitrogens is 2. The molecule has 0 aliphatic rings. The SMILES string of the molecule is CCCn1c(CCNC(=O)Cc2cccs2)nc2ccccc21. The first kappa shape index (κ1) is 15.7. The summed E-state index contributed by atoms with van der Waals surface area (Å²) in [4.78, 5) is 17.8. The highest BCUT2D eigenvalue weighted by atomic mass is 32.1. The van der Waals surface area contributed by atoms with Crippen molar-refractivity contribution in [3.05, 3.63) is 52.5 Å². The molecule has 4 nitrogen and oxygen atoms in total. The standard InChI is InChI=1S/C18H21N3OS/c1-2-11-21-16-8-4-3-7-15(16)20-17(21)9-10-19-18(22)13-14-6-5-12-23-14/h3-8,12H,2,9-11,13H2,1H3,(H,19,22). The second kappa shape index (κ2) is 7.42. The van der Waals surface area contributed by atoms with Gasteiger partial charge in [-0.05, 0) is 30.0 Å². The minimum atomic E-state index is 0.0746. The summed E-state index contributed by atoms with van der Waals surface area (Å²) in [7, 11) is 0. The maximum Gasteiger partial charge on any atom is 0.225 e. The highest BCUT2D eigenvalue weighted by Gasteiger charge is 2.10. The fourth-order valence-electron chi connectivity index (χ4n) is 2.74. The Morgan fingerprint density at radius 1 is 1.26 bits per heavy atom. The van der Waals surface area contributed by atoms with Gasteiger partial charge in [0.1, 0.15) is 5.82 Å². The molecule has 0 saturated heterocycles. The third-order valence-corrected chi connectivity index (χ3v) is 4.64. The van der Waals surface area contributed by atoms with Gasteiger partial charge in [-0.25, -0.2) is 4.98 Å². The van der Waals surface area contributed by atoms with Crippen molar-refractivity contribution in [2.24, 2.45) is 0 Å². The monoisotopic (exact) mass is 327 g/mol. The number of nitrogens with one attached hydrogen (secondary N) is 1. The van der Waals surface area contributed by atoms with Gasteiger partial charge in [0.05, 0.1) is 17.5 Å². The average Bonchev–Trinajstić information content (AvgIpc) is 3.16. The molecule has 1 aromatic carbocycles. The minimum absolute atomic E-state index is 0.0746. The quantitative estimate of drug-likeness (QED) is 0.723. The van der Waals surface area contributed by atoms with Gasteiger partial charge in [0.2, 0.25) is 5.91 Å². The molecule has 0 bridgehead atoms. The van der Waals surface area contributed by atoms with Gasteiger partial charge in [-0.15, -0.1) is 11.3 Å². The Morgan fingerprint density at radius 2 is 2.13 bits per heavy atom. The number of hydrogen-bond donors (Lipinski definition) is 1. The van der Waals surface area contributed by atoms with Gasteiger partial charge in [0.25, 0.3) is 0 Å². The van der Waals surface area contributed by atoms with Crippen molar-refractivity contribution in [1.82, 2.24) is 14.9 Å². The molecular formula is C18H21N3OS. The van der Waals surface area contributed by atoms with Crippen LogP contribution in [0, 0.1) is 0 Å². The number of nitrogens with zero attached hydrogens (tertiary/aromatic N) is 2. The van der Waals surface area contributed by atoms with Gasteiger partial charge in [-0.1, -0.05) is 25.1 Å². The van der Waals surface area contributed by atoms with Crippen molar-refractivity contribution in [3.63, 3.8) is 0 Å². The van der Waals surface area contributed by atoms with Crippen molar-refractivity contribution in [2.75, 3.05) is 6.54 Å². The van der Waals surface area contributed by atoms with Gasteiger partial charge in [0.15, 0.2) is 0 Å².